The highest BCUT2D eigenvalue weighted by Crippen LogP contribution is 2.29. The first kappa shape index (κ1) is 32.3. The van der Waals surface area contributed by atoms with Crippen LogP contribution in [0.3, 0.4) is 0 Å². The highest BCUT2D eigenvalue weighted by atomic mass is 19.2. The summed E-state index contributed by atoms with van der Waals surface area (Å²) < 4.78 is 71.1. The first-order valence-electron chi connectivity index (χ1n) is 13.8. The molecule has 1 fully saturated rings. The Morgan fingerprint density at radius 2 is 1.75 bits per heavy atom. The number of furan rings is 1. The maximum Gasteiger partial charge on any atom is 0.287 e. The van der Waals surface area contributed by atoms with Crippen molar-refractivity contribution in [1.29, 1.82) is 0 Å². The quantitative estimate of drug-likeness (QED) is 0.195. The highest BCUT2D eigenvalue weighted by molar-refractivity contribution is 6.00. The van der Waals surface area contributed by atoms with Crippen LogP contribution in [0.15, 0.2) is 34.7 Å². The third kappa shape index (κ3) is 7.29. The van der Waals surface area contributed by atoms with E-state index in [2.05, 4.69) is 16.0 Å². The number of benzene rings is 2. The molecule has 3 aromatic rings. The number of nitrogens with one attached hydrogen (secondary N) is 3. The Kier molecular flexibility index (Phi) is 10.1. The minimum absolute atomic E-state index is 0.00785. The maximum absolute atomic E-state index is 14.1. The molecule has 3 N–H and O–H groups in total. The van der Waals surface area contributed by atoms with Crippen LogP contribution in [0, 0.1) is 35.1 Å². The summed E-state index contributed by atoms with van der Waals surface area (Å²) in [5, 5.41) is 8.27. The zero-order chi connectivity index (χ0) is 32.1. The van der Waals surface area contributed by atoms with Gasteiger partial charge in [-0.05, 0) is 37.3 Å². The van der Waals surface area contributed by atoms with Crippen LogP contribution in [0.4, 0.5) is 17.6 Å². The summed E-state index contributed by atoms with van der Waals surface area (Å²) in [5.74, 6) is -11.8. The first-order chi connectivity index (χ1) is 20.9. The average molecular weight is 622 g/mol. The van der Waals surface area contributed by atoms with Gasteiger partial charge < -0.3 is 29.8 Å². The molecule has 1 saturated heterocycles. The van der Waals surface area contributed by atoms with Gasteiger partial charge in [-0.15, -0.1) is 0 Å². The Morgan fingerprint density at radius 3 is 2.36 bits per heavy atom. The summed E-state index contributed by atoms with van der Waals surface area (Å²) in [5.41, 5.74) is 0.380. The van der Waals surface area contributed by atoms with E-state index < -0.39 is 71.2 Å². The van der Waals surface area contributed by atoms with Crippen LogP contribution in [0.2, 0.25) is 0 Å². The molecule has 0 aliphatic carbocycles. The monoisotopic (exact) mass is 621 g/mol. The molecule has 4 rings (SSSR count). The van der Waals surface area contributed by atoms with Gasteiger partial charge in [0.25, 0.3) is 5.91 Å². The number of ether oxygens (including phenoxy) is 2. The molecule has 3 amide bonds. The molecule has 0 saturated carbocycles. The lowest BCUT2D eigenvalue weighted by atomic mass is 9.95. The summed E-state index contributed by atoms with van der Waals surface area (Å²) in [7, 11) is 1.46. The molecule has 2 unspecified atom stereocenters. The van der Waals surface area contributed by atoms with Crippen molar-refractivity contribution < 1.29 is 50.6 Å². The van der Waals surface area contributed by atoms with E-state index in [1.807, 2.05) is 0 Å². The van der Waals surface area contributed by atoms with Gasteiger partial charge in [-0.3, -0.25) is 19.2 Å². The van der Waals surface area contributed by atoms with Crippen LogP contribution in [-0.4, -0.2) is 55.8 Å². The topological polar surface area (TPSA) is 136 Å². The Morgan fingerprint density at radius 1 is 1.05 bits per heavy atom. The van der Waals surface area contributed by atoms with Crippen molar-refractivity contribution in [2.75, 3.05) is 20.3 Å². The molecule has 1 aliphatic rings. The van der Waals surface area contributed by atoms with Crippen molar-refractivity contribution in [3.8, 4) is 11.5 Å². The second kappa shape index (κ2) is 13.8. The minimum atomic E-state index is -1.84. The van der Waals surface area contributed by atoms with Crippen molar-refractivity contribution in [1.82, 2.24) is 16.0 Å². The molecule has 10 nitrogen and oxygen atoms in total. The molecule has 0 bridgehead atoms. The van der Waals surface area contributed by atoms with E-state index in [1.54, 1.807) is 32.0 Å². The summed E-state index contributed by atoms with van der Waals surface area (Å²) >= 11 is 0. The number of Topliss-reactive ketones (excluding diaryl/α,β-unsaturated/α-hetero) is 1. The van der Waals surface area contributed by atoms with E-state index in [9.17, 15) is 36.7 Å². The molecule has 2 heterocycles. The fourth-order valence-electron chi connectivity index (χ4n) is 4.88. The number of amides is 3. The average Bonchev–Trinajstić information content (AvgIpc) is 3.60. The van der Waals surface area contributed by atoms with Crippen molar-refractivity contribution in [2.45, 2.75) is 45.2 Å². The minimum Gasteiger partial charge on any atom is -0.496 e. The number of ketones is 1. The van der Waals surface area contributed by atoms with Gasteiger partial charge in [-0.1, -0.05) is 19.9 Å². The van der Waals surface area contributed by atoms with Crippen molar-refractivity contribution in [3.05, 3.63) is 59.4 Å². The second-order valence-corrected chi connectivity index (χ2v) is 10.8. The molecule has 1 aromatic heterocycles. The fourth-order valence-corrected chi connectivity index (χ4v) is 4.88. The van der Waals surface area contributed by atoms with E-state index in [0.717, 1.165) is 0 Å². The molecular formula is C30H31F4N3O7. The Labute approximate surface area is 249 Å². The van der Waals surface area contributed by atoms with E-state index in [4.69, 9.17) is 13.9 Å². The molecule has 0 radical (unpaired) electrons. The van der Waals surface area contributed by atoms with E-state index in [0.29, 0.717) is 29.7 Å². The predicted molar refractivity (Wildman–Crippen MR) is 148 cm³/mol. The van der Waals surface area contributed by atoms with Crippen LogP contribution >= 0.6 is 0 Å². The molecule has 14 heteroatoms. The van der Waals surface area contributed by atoms with Gasteiger partial charge in [0.2, 0.25) is 23.4 Å². The number of hydrogen-bond acceptors (Lipinski definition) is 7. The summed E-state index contributed by atoms with van der Waals surface area (Å²) in [6.45, 7) is 2.86. The van der Waals surface area contributed by atoms with Crippen LogP contribution in [0.25, 0.3) is 11.0 Å². The van der Waals surface area contributed by atoms with Gasteiger partial charge in [0.15, 0.2) is 28.9 Å². The number of carbonyl (C=O) groups excluding carboxylic acids is 4. The molecule has 44 heavy (non-hydrogen) atoms. The normalized spacial score (nSPS) is 16.0. The number of methoxy groups -OCH3 is 1. The molecule has 236 valence electrons. The van der Waals surface area contributed by atoms with Crippen LogP contribution in [0.1, 0.15) is 43.7 Å². The second-order valence-electron chi connectivity index (χ2n) is 10.8. The van der Waals surface area contributed by atoms with Gasteiger partial charge in [0, 0.05) is 24.6 Å². The highest BCUT2D eigenvalue weighted by Gasteiger charge is 2.34. The Hall–Kier alpha value is -4.62. The molecule has 0 spiro atoms. The standard InChI is InChI=1S/C30H31F4N3O7/c1-14(2)9-20(37-30(41)24-11-16-22(42-3)5-4-6-23(16)44-24)29(40)36-19(10-15-7-8-35-28(15)39)21(38)13-43-27-25(33)17(31)12-18(32)26(27)34/h4-6,11-12,14-15,19-20H,7-10,13H2,1-3H3,(H,35,39)(H,36,40)(H,37,41)/t15?,19?,20-/m0/s1. The van der Waals surface area contributed by atoms with E-state index >= 15 is 0 Å². The number of rotatable bonds is 13. The van der Waals surface area contributed by atoms with Gasteiger partial charge in [-0.25, -0.2) is 8.78 Å². The number of carbonyl (C=O) groups is 4. The molecule has 3 atom stereocenters. The third-order valence-electron chi connectivity index (χ3n) is 7.11. The largest absolute Gasteiger partial charge is 0.496 e. The molecular weight excluding hydrogens is 590 g/mol. The number of hydrogen-bond donors (Lipinski definition) is 3. The number of halogens is 4. The van der Waals surface area contributed by atoms with Gasteiger partial charge in [0.05, 0.1) is 18.5 Å². The zero-order valence-corrected chi connectivity index (χ0v) is 24.1. The SMILES string of the molecule is COc1cccc2oc(C(=O)N[C@@H](CC(C)C)C(=O)NC(CC3CCNC3=O)C(=O)COc3c(F)c(F)cc(F)c3F)cc12. The van der Waals surface area contributed by atoms with Gasteiger partial charge in [-0.2, -0.15) is 8.78 Å². The lowest BCUT2D eigenvalue weighted by molar-refractivity contribution is -0.131. The van der Waals surface area contributed by atoms with Gasteiger partial charge >= 0.3 is 0 Å². The fraction of sp³-hybridized carbons (Fsp3) is 0.400. The summed E-state index contributed by atoms with van der Waals surface area (Å²) in [6.07, 6.45) is 0.286. The Balaban J connectivity index is 1.53. The lowest BCUT2D eigenvalue weighted by Crippen LogP contribution is -2.53. The van der Waals surface area contributed by atoms with E-state index in [-0.39, 0.29) is 36.5 Å². The summed E-state index contributed by atoms with van der Waals surface area (Å²) in [6, 6.07) is 3.88. The lowest BCUT2D eigenvalue weighted by Gasteiger charge is -2.25. The Bertz CT molecular complexity index is 1550. The van der Waals surface area contributed by atoms with E-state index in [1.165, 1.54) is 13.2 Å². The summed E-state index contributed by atoms with van der Waals surface area (Å²) in [4.78, 5) is 52.0. The smallest absolute Gasteiger partial charge is 0.287 e. The number of fused-ring (bicyclic) bond motifs is 1. The van der Waals surface area contributed by atoms with Gasteiger partial charge in [0.1, 0.15) is 24.0 Å². The van der Waals surface area contributed by atoms with Crippen molar-refractivity contribution >= 4 is 34.5 Å². The van der Waals surface area contributed by atoms with Crippen molar-refractivity contribution in [3.63, 3.8) is 0 Å². The zero-order valence-electron chi connectivity index (χ0n) is 24.1. The first-order valence-corrected chi connectivity index (χ1v) is 13.8. The van der Waals surface area contributed by atoms with Crippen molar-refractivity contribution in [2.24, 2.45) is 11.8 Å². The third-order valence-corrected chi connectivity index (χ3v) is 7.11. The van der Waals surface area contributed by atoms with Crippen LogP contribution in [0.5, 0.6) is 11.5 Å². The molecule has 2 aromatic carbocycles. The predicted octanol–water partition coefficient (Wildman–Crippen LogP) is 3.80. The van der Waals surface area contributed by atoms with Crippen LogP contribution < -0.4 is 25.4 Å². The maximum atomic E-state index is 14.1. The molecule has 1 aliphatic heterocycles. The van der Waals surface area contributed by atoms with Crippen LogP contribution in [-0.2, 0) is 14.4 Å².